The molecule has 1 nitrogen and oxygen atoms in total. The molecule has 4 aliphatic carbocycles. The van der Waals surface area contributed by atoms with Crippen LogP contribution in [0, 0.1) is 29.6 Å². The molecule has 0 heterocycles. The van der Waals surface area contributed by atoms with Crippen molar-refractivity contribution >= 4 is 0 Å². The predicted molar refractivity (Wildman–Crippen MR) is 83.3 cm³/mol. The van der Waals surface area contributed by atoms with E-state index in [1.165, 1.54) is 49.7 Å². The van der Waals surface area contributed by atoms with Crippen molar-refractivity contribution in [2.24, 2.45) is 28.4 Å². The van der Waals surface area contributed by atoms with Crippen LogP contribution in [0.25, 0.3) is 0 Å². The van der Waals surface area contributed by atoms with E-state index in [0.717, 1.165) is 11.8 Å². The molecule has 2 N–H and O–H groups in total. The minimum absolute atomic E-state index is 0.244. The molecule has 0 aromatic heterocycles. The predicted octanol–water partition coefficient (Wildman–Crippen LogP) is 4.60. The van der Waals surface area contributed by atoms with Crippen LogP contribution in [-0.2, 0) is 0 Å². The van der Waals surface area contributed by atoms with Gasteiger partial charge in [0.05, 0.1) is 0 Å². The average Bonchev–Trinajstić information content (AvgIpc) is 2.35. The summed E-state index contributed by atoms with van der Waals surface area (Å²) in [7, 11) is 0. The normalized spacial score (nSPS) is 43.8. The van der Waals surface area contributed by atoms with Crippen molar-refractivity contribution in [2.75, 3.05) is 0 Å². The molecule has 0 saturated heterocycles. The Hall–Kier alpha value is -0.820. The molecule has 4 aliphatic rings. The highest BCUT2D eigenvalue weighted by Gasteiger charge is 2.57. The van der Waals surface area contributed by atoms with Gasteiger partial charge in [-0.2, -0.15) is 0 Å². The molecule has 4 bridgehead atoms. The maximum absolute atomic E-state index is 6.85. The number of benzene rings is 1. The Bertz CT molecular complexity index is 518. The van der Waals surface area contributed by atoms with Gasteiger partial charge in [0, 0.05) is 6.04 Å². The molecule has 0 amide bonds. The smallest absolute Gasteiger partial charge is 0.0355 e. The first kappa shape index (κ1) is 12.9. The summed E-state index contributed by atoms with van der Waals surface area (Å²) in [5, 5.41) is 0. The Morgan fingerprint density at radius 1 is 1.10 bits per heavy atom. The molecule has 0 spiro atoms. The van der Waals surface area contributed by atoms with E-state index in [1.54, 1.807) is 0 Å². The maximum atomic E-state index is 6.85. The Balaban J connectivity index is 1.73. The second kappa shape index (κ2) is 4.10. The zero-order valence-corrected chi connectivity index (χ0v) is 12.9. The van der Waals surface area contributed by atoms with E-state index in [0.29, 0.717) is 10.8 Å². The van der Waals surface area contributed by atoms with Crippen molar-refractivity contribution < 1.29 is 0 Å². The fourth-order valence-electron chi connectivity index (χ4n) is 6.43. The lowest BCUT2D eigenvalue weighted by Crippen LogP contribution is -2.54. The molecule has 0 radical (unpaired) electrons. The van der Waals surface area contributed by atoms with Crippen LogP contribution in [-0.4, -0.2) is 0 Å². The highest BCUT2D eigenvalue weighted by atomic mass is 14.8. The molecule has 4 saturated carbocycles. The van der Waals surface area contributed by atoms with Gasteiger partial charge in [0.15, 0.2) is 0 Å². The molecular weight excluding hydrogens is 242 g/mol. The molecule has 0 aliphatic heterocycles. The molecule has 108 valence electrons. The first-order valence-electron chi connectivity index (χ1n) is 8.31. The Morgan fingerprint density at radius 3 is 2.35 bits per heavy atom. The van der Waals surface area contributed by atoms with Gasteiger partial charge in [0.1, 0.15) is 0 Å². The SMILES string of the molecule is Cc1ccccc1C(N)C12CC3CC(CC(C)(C3)C1)C2. The van der Waals surface area contributed by atoms with Crippen LogP contribution >= 0.6 is 0 Å². The minimum atomic E-state index is 0.244. The summed E-state index contributed by atoms with van der Waals surface area (Å²) in [5.41, 5.74) is 10.6. The van der Waals surface area contributed by atoms with Crippen molar-refractivity contribution in [1.82, 2.24) is 0 Å². The second-order valence-corrected chi connectivity index (χ2v) is 8.47. The summed E-state index contributed by atoms with van der Waals surface area (Å²) in [6, 6.07) is 9.02. The van der Waals surface area contributed by atoms with Gasteiger partial charge in [-0.05, 0) is 79.2 Å². The number of hydrogen-bond donors (Lipinski definition) is 1. The van der Waals surface area contributed by atoms with Gasteiger partial charge in [-0.3, -0.25) is 0 Å². The Morgan fingerprint density at radius 2 is 1.75 bits per heavy atom. The number of hydrogen-bond acceptors (Lipinski definition) is 1. The zero-order valence-electron chi connectivity index (χ0n) is 12.9. The van der Waals surface area contributed by atoms with Gasteiger partial charge in [0.2, 0.25) is 0 Å². The third-order valence-electron chi connectivity index (χ3n) is 6.58. The van der Waals surface area contributed by atoms with E-state index >= 15 is 0 Å². The molecule has 5 rings (SSSR count). The lowest BCUT2D eigenvalue weighted by molar-refractivity contribution is -0.113. The van der Waals surface area contributed by atoms with Crippen molar-refractivity contribution in [3.8, 4) is 0 Å². The van der Waals surface area contributed by atoms with Crippen molar-refractivity contribution in [2.45, 2.75) is 58.4 Å². The third kappa shape index (κ3) is 1.79. The van der Waals surface area contributed by atoms with Crippen LogP contribution in [0.1, 0.15) is 62.6 Å². The summed E-state index contributed by atoms with van der Waals surface area (Å²) in [6.45, 7) is 4.75. The van der Waals surface area contributed by atoms with Crippen LogP contribution in [0.5, 0.6) is 0 Å². The highest BCUT2D eigenvalue weighted by Crippen LogP contribution is 2.67. The monoisotopic (exact) mass is 269 g/mol. The van der Waals surface area contributed by atoms with Crippen LogP contribution in [0.3, 0.4) is 0 Å². The fraction of sp³-hybridized carbons (Fsp3) is 0.684. The van der Waals surface area contributed by atoms with Crippen molar-refractivity contribution in [3.63, 3.8) is 0 Å². The highest BCUT2D eigenvalue weighted by molar-refractivity contribution is 5.31. The van der Waals surface area contributed by atoms with Gasteiger partial charge in [-0.1, -0.05) is 31.2 Å². The third-order valence-corrected chi connectivity index (χ3v) is 6.58. The Labute approximate surface area is 122 Å². The lowest BCUT2D eigenvalue weighted by atomic mass is 9.43. The van der Waals surface area contributed by atoms with E-state index in [1.807, 2.05) is 0 Å². The van der Waals surface area contributed by atoms with Gasteiger partial charge >= 0.3 is 0 Å². The topological polar surface area (TPSA) is 26.0 Å². The summed E-state index contributed by atoms with van der Waals surface area (Å²) < 4.78 is 0. The second-order valence-electron chi connectivity index (χ2n) is 8.47. The van der Waals surface area contributed by atoms with Crippen LogP contribution in [0.2, 0.25) is 0 Å². The first-order chi connectivity index (χ1) is 9.50. The van der Waals surface area contributed by atoms with Crippen LogP contribution in [0.15, 0.2) is 24.3 Å². The largest absolute Gasteiger partial charge is 0.323 e. The van der Waals surface area contributed by atoms with E-state index in [4.69, 9.17) is 5.73 Å². The van der Waals surface area contributed by atoms with Crippen molar-refractivity contribution in [3.05, 3.63) is 35.4 Å². The summed E-state index contributed by atoms with van der Waals surface area (Å²) in [6.07, 6.45) is 8.54. The summed E-state index contributed by atoms with van der Waals surface area (Å²) in [4.78, 5) is 0. The molecule has 1 aromatic carbocycles. The lowest BCUT2D eigenvalue weighted by Gasteiger charge is -2.63. The van der Waals surface area contributed by atoms with Gasteiger partial charge < -0.3 is 5.73 Å². The zero-order chi connectivity index (χ0) is 14.0. The molecule has 1 aromatic rings. The van der Waals surface area contributed by atoms with Gasteiger partial charge in [0.25, 0.3) is 0 Å². The maximum Gasteiger partial charge on any atom is 0.0355 e. The average molecular weight is 269 g/mol. The number of nitrogens with two attached hydrogens (primary N) is 1. The summed E-state index contributed by atoms with van der Waals surface area (Å²) in [5.74, 6) is 1.91. The Kier molecular flexibility index (Phi) is 2.64. The van der Waals surface area contributed by atoms with Gasteiger partial charge in [-0.15, -0.1) is 0 Å². The standard InChI is InChI=1S/C19H27N/c1-13-5-3-4-6-16(13)17(20)19-10-14-7-15(11-19)9-18(2,8-14)12-19/h3-6,14-15,17H,7-12,20H2,1-2H3. The van der Waals surface area contributed by atoms with Crippen molar-refractivity contribution in [1.29, 1.82) is 0 Å². The fourth-order valence-corrected chi connectivity index (χ4v) is 6.43. The first-order valence-corrected chi connectivity index (χ1v) is 8.31. The van der Waals surface area contributed by atoms with Crippen LogP contribution in [0.4, 0.5) is 0 Å². The van der Waals surface area contributed by atoms with E-state index in [2.05, 4.69) is 38.1 Å². The van der Waals surface area contributed by atoms with Gasteiger partial charge in [-0.25, -0.2) is 0 Å². The molecule has 3 atom stereocenters. The molecule has 3 unspecified atom stereocenters. The number of rotatable bonds is 2. The van der Waals surface area contributed by atoms with Crippen LogP contribution < -0.4 is 5.73 Å². The summed E-state index contributed by atoms with van der Waals surface area (Å²) >= 11 is 0. The minimum Gasteiger partial charge on any atom is -0.323 e. The molecular formula is C19H27N. The van der Waals surface area contributed by atoms with E-state index < -0.39 is 0 Å². The van der Waals surface area contributed by atoms with E-state index in [-0.39, 0.29) is 6.04 Å². The molecule has 4 fully saturated rings. The molecule has 20 heavy (non-hydrogen) atoms. The number of aryl methyl sites for hydroxylation is 1. The quantitative estimate of drug-likeness (QED) is 0.834. The molecule has 1 heteroatoms. The van der Waals surface area contributed by atoms with E-state index in [9.17, 15) is 0 Å².